The van der Waals surface area contributed by atoms with E-state index in [2.05, 4.69) is 0 Å². The molecule has 1 fully saturated rings. The van der Waals surface area contributed by atoms with Crippen LogP contribution in [0.1, 0.15) is 5.56 Å². The quantitative estimate of drug-likeness (QED) is 0.109. The van der Waals surface area contributed by atoms with E-state index in [4.69, 9.17) is 9.47 Å². The maximum Gasteiger partial charge on any atom is 1.00 e. The summed E-state index contributed by atoms with van der Waals surface area (Å²) in [5.41, 5.74) is 0.406. The molecule has 1 aromatic carbocycles. The first kappa shape index (κ1) is 23.3. The molecule has 0 aromatic heterocycles. The van der Waals surface area contributed by atoms with Crippen LogP contribution in [0, 0.1) is 0 Å². The molecular weight excluding hydrogens is 474 g/mol. The number of rotatable bonds is 5. The molecule has 0 bridgehead atoms. The Bertz CT molecular complexity index is 606. The summed E-state index contributed by atoms with van der Waals surface area (Å²) in [7, 11) is 0. The minimum absolute atomic E-state index is 0. The summed E-state index contributed by atoms with van der Waals surface area (Å²) in [5, 5.41) is 49.8. The molecule has 0 saturated carbocycles. The number of carbonyl (C=O) groups is 1. The van der Waals surface area contributed by atoms with Crippen LogP contribution in [0.25, 0.3) is 6.08 Å². The van der Waals surface area contributed by atoms with Crippen molar-refractivity contribution in [3.63, 3.8) is 0 Å². The molecule has 1 aliphatic rings. The van der Waals surface area contributed by atoms with Gasteiger partial charge in [0.05, 0.1) is 6.10 Å². The van der Waals surface area contributed by atoms with Crippen LogP contribution in [0.5, 0.6) is 5.75 Å². The number of aliphatic hydroxyl groups is 3. The standard InChI is InChI=1S/C15H17IO8.K/c16-6-10-11(18)12(19)13(20)15(24-10)23-9(14(21)22)5-7-1-3-8(17)4-2-7;/h1-5,10-13,15,17-20H,6H2,(H,21,22);/q;+1/p-1/b9-5-;/t10-,11+,12+,13-,15-;/m1./s1. The Morgan fingerprint density at radius 1 is 1.20 bits per heavy atom. The van der Waals surface area contributed by atoms with E-state index < -0.39 is 42.4 Å². The fourth-order valence-electron chi connectivity index (χ4n) is 2.13. The van der Waals surface area contributed by atoms with Gasteiger partial charge >= 0.3 is 57.4 Å². The van der Waals surface area contributed by atoms with Crippen molar-refractivity contribution in [2.24, 2.45) is 0 Å². The zero-order chi connectivity index (χ0) is 17.9. The van der Waals surface area contributed by atoms with Gasteiger partial charge in [-0.05, 0) is 11.6 Å². The van der Waals surface area contributed by atoms with Crippen molar-refractivity contribution in [3.05, 3.63) is 35.6 Å². The van der Waals surface area contributed by atoms with E-state index in [1.54, 1.807) is 0 Å². The maximum atomic E-state index is 11.3. The van der Waals surface area contributed by atoms with E-state index in [1.165, 1.54) is 24.3 Å². The van der Waals surface area contributed by atoms with Crippen molar-refractivity contribution in [1.82, 2.24) is 0 Å². The SMILES string of the molecule is O=C(O)/C(=C/c1ccc([O-])cc1)O[C@@H]1O[C@H](CI)[C@H](O)[C@H](O)[C@H]1O.[K+]. The monoisotopic (exact) mass is 490 g/mol. The van der Waals surface area contributed by atoms with E-state index in [1.807, 2.05) is 22.6 Å². The molecular formula is C15H16IKO8. The fraction of sp³-hybridized carbons (Fsp3) is 0.400. The van der Waals surface area contributed by atoms with Crippen LogP contribution in [0.3, 0.4) is 0 Å². The molecule has 10 heteroatoms. The zero-order valence-electron chi connectivity index (χ0n) is 13.3. The third-order valence-electron chi connectivity index (χ3n) is 3.45. The van der Waals surface area contributed by atoms with Crippen LogP contribution >= 0.6 is 22.6 Å². The van der Waals surface area contributed by atoms with Crippen LogP contribution in [0.15, 0.2) is 30.0 Å². The number of aliphatic hydroxyl groups excluding tert-OH is 3. The number of benzene rings is 1. The number of ether oxygens (including phenoxy) is 2. The topological polar surface area (TPSA) is 140 Å². The van der Waals surface area contributed by atoms with Crippen LogP contribution in [-0.2, 0) is 14.3 Å². The second kappa shape index (κ2) is 10.5. The Morgan fingerprint density at radius 2 is 1.80 bits per heavy atom. The van der Waals surface area contributed by atoms with Gasteiger partial charge in [-0.15, -0.1) is 5.75 Å². The minimum atomic E-state index is -1.62. The van der Waals surface area contributed by atoms with Crippen LogP contribution in [0.4, 0.5) is 0 Å². The molecule has 8 nitrogen and oxygen atoms in total. The second-order valence-corrected chi connectivity index (χ2v) is 6.05. The fourth-order valence-corrected chi connectivity index (χ4v) is 2.86. The van der Waals surface area contributed by atoms with Gasteiger partial charge in [-0.25, -0.2) is 4.79 Å². The molecule has 4 N–H and O–H groups in total. The molecule has 5 atom stereocenters. The first-order chi connectivity index (χ1) is 11.3. The normalized spacial score (nSPS) is 29.6. The zero-order valence-corrected chi connectivity index (χ0v) is 18.6. The molecule has 0 amide bonds. The van der Waals surface area contributed by atoms with Crippen molar-refractivity contribution in [3.8, 4) is 5.75 Å². The van der Waals surface area contributed by atoms with E-state index >= 15 is 0 Å². The molecule has 2 rings (SSSR count). The molecule has 1 aliphatic heterocycles. The molecule has 0 aliphatic carbocycles. The number of aliphatic carboxylic acids is 1. The van der Waals surface area contributed by atoms with E-state index in [0.29, 0.717) is 9.99 Å². The summed E-state index contributed by atoms with van der Waals surface area (Å²) in [6, 6.07) is 5.37. The molecule has 1 heterocycles. The van der Waals surface area contributed by atoms with Crippen molar-refractivity contribution >= 4 is 34.6 Å². The predicted molar refractivity (Wildman–Crippen MR) is 88.2 cm³/mol. The van der Waals surface area contributed by atoms with Gasteiger partial charge in [0.2, 0.25) is 12.0 Å². The Balaban J connectivity index is 0.00000312. The Morgan fingerprint density at radius 3 is 2.32 bits per heavy atom. The Labute approximate surface area is 200 Å². The number of hydrogen-bond acceptors (Lipinski definition) is 7. The third-order valence-corrected chi connectivity index (χ3v) is 4.32. The first-order valence-electron chi connectivity index (χ1n) is 6.98. The summed E-state index contributed by atoms with van der Waals surface area (Å²) in [6.45, 7) is 0. The Hall–Kier alpha value is 0.236. The van der Waals surface area contributed by atoms with Gasteiger partial charge in [0, 0.05) is 4.43 Å². The maximum absolute atomic E-state index is 11.3. The predicted octanol–water partition coefficient (Wildman–Crippen LogP) is -3.55. The van der Waals surface area contributed by atoms with E-state index in [9.17, 15) is 30.3 Å². The van der Waals surface area contributed by atoms with Gasteiger partial charge in [0.25, 0.3) is 0 Å². The average Bonchev–Trinajstić information content (AvgIpc) is 2.56. The summed E-state index contributed by atoms with van der Waals surface area (Å²) in [4.78, 5) is 11.3. The van der Waals surface area contributed by atoms with Crippen LogP contribution in [-0.4, -0.2) is 61.5 Å². The van der Waals surface area contributed by atoms with Crippen molar-refractivity contribution < 1.29 is 91.2 Å². The smallest absolute Gasteiger partial charge is 0.872 e. The van der Waals surface area contributed by atoms with Gasteiger partial charge in [-0.1, -0.05) is 46.9 Å². The Kier molecular flexibility index (Phi) is 9.81. The third kappa shape index (κ3) is 6.12. The van der Waals surface area contributed by atoms with Crippen molar-refractivity contribution in [2.45, 2.75) is 30.7 Å². The van der Waals surface area contributed by atoms with Gasteiger partial charge in [-0.2, -0.15) is 0 Å². The molecule has 0 spiro atoms. The number of alkyl halides is 1. The summed E-state index contributed by atoms with van der Waals surface area (Å²) in [5.74, 6) is -2.17. The van der Waals surface area contributed by atoms with Crippen LogP contribution < -0.4 is 56.5 Å². The molecule has 1 saturated heterocycles. The number of hydrogen-bond donors (Lipinski definition) is 4. The largest absolute Gasteiger partial charge is 1.00 e. The number of carboxylic acids is 1. The van der Waals surface area contributed by atoms with Gasteiger partial charge in [-0.3, -0.25) is 0 Å². The molecule has 1 aromatic rings. The molecule has 25 heavy (non-hydrogen) atoms. The average molecular weight is 490 g/mol. The van der Waals surface area contributed by atoms with E-state index in [-0.39, 0.29) is 57.1 Å². The van der Waals surface area contributed by atoms with Gasteiger partial charge in [0.1, 0.15) is 18.3 Å². The van der Waals surface area contributed by atoms with Gasteiger partial charge < -0.3 is 35.0 Å². The molecule has 0 unspecified atom stereocenters. The summed E-state index contributed by atoms with van der Waals surface area (Å²) in [6.07, 6.45) is -5.56. The summed E-state index contributed by atoms with van der Waals surface area (Å²) >= 11 is 1.92. The van der Waals surface area contributed by atoms with Crippen LogP contribution in [0.2, 0.25) is 0 Å². The molecule has 0 radical (unpaired) electrons. The van der Waals surface area contributed by atoms with Gasteiger partial charge in [0.15, 0.2) is 0 Å². The van der Waals surface area contributed by atoms with E-state index in [0.717, 1.165) is 6.08 Å². The number of halogens is 1. The number of carboxylic acid groups (broad SMARTS) is 1. The van der Waals surface area contributed by atoms with Crippen molar-refractivity contribution in [2.75, 3.05) is 4.43 Å². The second-order valence-electron chi connectivity index (χ2n) is 5.17. The minimum Gasteiger partial charge on any atom is -0.872 e. The van der Waals surface area contributed by atoms with Crippen molar-refractivity contribution in [1.29, 1.82) is 0 Å². The first-order valence-corrected chi connectivity index (χ1v) is 8.50. The molecule has 132 valence electrons. The summed E-state index contributed by atoms with van der Waals surface area (Å²) < 4.78 is 10.8.